The molecule has 1 saturated heterocycles. The molecule has 3 heterocycles. The van der Waals surface area contributed by atoms with Gasteiger partial charge >= 0.3 is 0 Å². The maximum atomic E-state index is 12.3. The predicted octanol–water partition coefficient (Wildman–Crippen LogP) is 2.26. The van der Waals surface area contributed by atoms with Gasteiger partial charge < -0.3 is 4.90 Å². The van der Waals surface area contributed by atoms with Crippen LogP contribution in [0.2, 0.25) is 0 Å². The second kappa shape index (κ2) is 5.60. The van der Waals surface area contributed by atoms with Gasteiger partial charge in [-0.2, -0.15) is 5.10 Å². The molecule has 5 nitrogen and oxygen atoms in total. The summed E-state index contributed by atoms with van der Waals surface area (Å²) in [6, 6.07) is 7.34. The standard InChI is InChI=1S/C17H19N3O2S/c1-11-2-6-15(23-11)17(22)19-8-12(9-19)10-20-16(21)7-5-14(18-20)13-3-4-13/h2,5-7,12-13H,3-4,8-10H2,1H3. The molecule has 0 spiro atoms. The molecule has 0 N–H and O–H groups in total. The zero-order valence-electron chi connectivity index (χ0n) is 13.1. The molecule has 2 aliphatic rings. The molecule has 1 saturated carbocycles. The van der Waals surface area contributed by atoms with Crippen molar-refractivity contribution >= 4 is 17.2 Å². The highest BCUT2D eigenvalue weighted by molar-refractivity contribution is 7.13. The van der Waals surface area contributed by atoms with Crippen molar-refractivity contribution in [1.29, 1.82) is 0 Å². The van der Waals surface area contributed by atoms with Gasteiger partial charge in [0.2, 0.25) is 0 Å². The molecular weight excluding hydrogens is 310 g/mol. The number of hydrogen-bond donors (Lipinski definition) is 0. The number of aromatic nitrogens is 2. The summed E-state index contributed by atoms with van der Waals surface area (Å²) in [6.07, 6.45) is 2.36. The Morgan fingerprint density at radius 2 is 2.04 bits per heavy atom. The third-order valence-corrected chi connectivity index (χ3v) is 5.50. The summed E-state index contributed by atoms with van der Waals surface area (Å²) in [5.74, 6) is 0.967. The van der Waals surface area contributed by atoms with Crippen LogP contribution in [0.1, 0.15) is 39.0 Å². The van der Waals surface area contributed by atoms with E-state index in [-0.39, 0.29) is 11.5 Å². The first-order valence-corrected chi connectivity index (χ1v) is 8.85. The fraction of sp³-hybridized carbons (Fsp3) is 0.471. The molecule has 4 rings (SSSR count). The van der Waals surface area contributed by atoms with Gasteiger partial charge in [-0.1, -0.05) is 0 Å². The zero-order valence-corrected chi connectivity index (χ0v) is 13.9. The molecule has 0 atom stereocenters. The summed E-state index contributed by atoms with van der Waals surface area (Å²) >= 11 is 1.53. The minimum absolute atomic E-state index is 0.0481. The summed E-state index contributed by atoms with van der Waals surface area (Å²) < 4.78 is 1.58. The molecule has 0 bridgehead atoms. The molecule has 6 heteroatoms. The molecule has 0 unspecified atom stereocenters. The summed E-state index contributed by atoms with van der Waals surface area (Å²) in [5, 5.41) is 4.49. The van der Waals surface area contributed by atoms with Gasteiger partial charge in [0.05, 0.1) is 17.1 Å². The van der Waals surface area contributed by atoms with Gasteiger partial charge in [0.25, 0.3) is 11.5 Å². The van der Waals surface area contributed by atoms with Crippen LogP contribution in [-0.2, 0) is 6.54 Å². The van der Waals surface area contributed by atoms with E-state index >= 15 is 0 Å². The Bertz CT molecular complexity index is 800. The zero-order chi connectivity index (χ0) is 16.0. The number of hydrogen-bond acceptors (Lipinski definition) is 4. The van der Waals surface area contributed by atoms with Gasteiger partial charge in [0.1, 0.15) is 0 Å². The third kappa shape index (κ3) is 2.95. The van der Waals surface area contributed by atoms with E-state index in [2.05, 4.69) is 5.10 Å². The summed E-state index contributed by atoms with van der Waals surface area (Å²) in [4.78, 5) is 28.1. The fourth-order valence-electron chi connectivity index (χ4n) is 2.99. The van der Waals surface area contributed by atoms with E-state index in [9.17, 15) is 9.59 Å². The fourth-order valence-corrected chi connectivity index (χ4v) is 3.83. The van der Waals surface area contributed by atoms with Crippen molar-refractivity contribution in [2.45, 2.75) is 32.2 Å². The molecule has 1 aliphatic heterocycles. The van der Waals surface area contributed by atoms with Crippen molar-refractivity contribution in [2.75, 3.05) is 13.1 Å². The van der Waals surface area contributed by atoms with E-state index in [0.717, 1.165) is 15.4 Å². The van der Waals surface area contributed by atoms with Crippen LogP contribution in [-0.4, -0.2) is 33.7 Å². The Morgan fingerprint density at radius 1 is 1.26 bits per heavy atom. The molecule has 120 valence electrons. The third-order valence-electron chi connectivity index (χ3n) is 4.51. The maximum Gasteiger partial charge on any atom is 0.266 e. The molecule has 2 aromatic rings. The first-order chi connectivity index (χ1) is 11.1. The van der Waals surface area contributed by atoms with Crippen LogP contribution in [0.25, 0.3) is 0 Å². The van der Waals surface area contributed by atoms with Crippen molar-refractivity contribution in [2.24, 2.45) is 5.92 Å². The van der Waals surface area contributed by atoms with Gasteiger partial charge in [0.15, 0.2) is 0 Å². The Kier molecular flexibility index (Phi) is 3.56. The van der Waals surface area contributed by atoms with Gasteiger partial charge in [-0.25, -0.2) is 4.68 Å². The van der Waals surface area contributed by atoms with Crippen LogP contribution in [0, 0.1) is 12.8 Å². The van der Waals surface area contributed by atoms with Crippen molar-refractivity contribution in [3.05, 3.63) is 50.1 Å². The molecule has 2 aromatic heterocycles. The van der Waals surface area contributed by atoms with E-state index in [4.69, 9.17) is 0 Å². The summed E-state index contributed by atoms with van der Waals surface area (Å²) in [6.45, 7) is 4.02. The second-order valence-corrected chi connectivity index (χ2v) is 7.83. The lowest BCUT2D eigenvalue weighted by molar-refractivity contribution is 0.0463. The summed E-state index contributed by atoms with van der Waals surface area (Å²) in [5.41, 5.74) is 0.985. The molecule has 0 radical (unpaired) electrons. The van der Waals surface area contributed by atoms with Crippen LogP contribution < -0.4 is 5.56 Å². The number of rotatable bonds is 4. The molecule has 1 aliphatic carbocycles. The van der Waals surface area contributed by atoms with E-state index in [0.29, 0.717) is 31.5 Å². The Hall–Kier alpha value is -1.95. The minimum Gasteiger partial charge on any atom is -0.337 e. The normalized spacial score (nSPS) is 18.0. The van der Waals surface area contributed by atoms with Crippen LogP contribution in [0.5, 0.6) is 0 Å². The van der Waals surface area contributed by atoms with Crippen molar-refractivity contribution in [3.8, 4) is 0 Å². The van der Waals surface area contributed by atoms with E-state index in [1.807, 2.05) is 30.0 Å². The van der Waals surface area contributed by atoms with Gasteiger partial charge in [-0.05, 0) is 38.0 Å². The first-order valence-electron chi connectivity index (χ1n) is 8.04. The van der Waals surface area contributed by atoms with Crippen LogP contribution in [0.4, 0.5) is 0 Å². The lowest BCUT2D eigenvalue weighted by Gasteiger charge is -2.39. The number of aryl methyl sites for hydroxylation is 1. The predicted molar refractivity (Wildman–Crippen MR) is 88.9 cm³/mol. The molecular formula is C17H19N3O2S. The smallest absolute Gasteiger partial charge is 0.266 e. The minimum atomic E-state index is -0.0481. The monoisotopic (exact) mass is 329 g/mol. The average Bonchev–Trinajstić information content (AvgIpc) is 3.25. The highest BCUT2D eigenvalue weighted by Crippen LogP contribution is 2.38. The van der Waals surface area contributed by atoms with E-state index in [1.54, 1.807) is 10.7 Å². The Labute approximate surface area is 138 Å². The Balaban J connectivity index is 1.38. The van der Waals surface area contributed by atoms with Crippen LogP contribution in [0.3, 0.4) is 0 Å². The van der Waals surface area contributed by atoms with E-state index in [1.165, 1.54) is 24.2 Å². The van der Waals surface area contributed by atoms with Gasteiger partial charge in [-0.3, -0.25) is 9.59 Å². The van der Waals surface area contributed by atoms with Crippen molar-refractivity contribution < 1.29 is 4.79 Å². The number of carbonyl (C=O) groups excluding carboxylic acids is 1. The molecule has 0 aromatic carbocycles. The largest absolute Gasteiger partial charge is 0.337 e. The number of carbonyl (C=O) groups is 1. The molecule has 23 heavy (non-hydrogen) atoms. The first kappa shape index (κ1) is 14.6. The number of nitrogens with zero attached hydrogens (tertiary/aromatic N) is 3. The van der Waals surface area contributed by atoms with Crippen LogP contribution in [0.15, 0.2) is 29.1 Å². The van der Waals surface area contributed by atoms with Gasteiger partial charge in [0, 0.05) is 35.9 Å². The van der Waals surface area contributed by atoms with Crippen molar-refractivity contribution in [1.82, 2.24) is 14.7 Å². The molecule has 1 amide bonds. The lowest BCUT2D eigenvalue weighted by Crippen LogP contribution is -2.52. The van der Waals surface area contributed by atoms with Crippen molar-refractivity contribution in [3.63, 3.8) is 0 Å². The maximum absolute atomic E-state index is 12.3. The number of thiophene rings is 1. The number of likely N-dealkylation sites (tertiary alicyclic amines) is 1. The molecule has 2 fully saturated rings. The van der Waals surface area contributed by atoms with Gasteiger partial charge in [-0.15, -0.1) is 11.3 Å². The second-order valence-electron chi connectivity index (χ2n) is 6.54. The topological polar surface area (TPSA) is 55.2 Å². The SMILES string of the molecule is Cc1ccc(C(=O)N2CC(Cn3nc(C4CC4)ccc3=O)C2)s1. The Morgan fingerprint density at radius 3 is 2.70 bits per heavy atom. The average molecular weight is 329 g/mol. The quantitative estimate of drug-likeness (QED) is 0.864. The van der Waals surface area contributed by atoms with E-state index < -0.39 is 0 Å². The highest BCUT2D eigenvalue weighted by Gasteiger charge is 2.33. The van der Waals surface area contributed by atoms with Crippen LogP contribution >= 0.6 is 11.3 Å². The highest BCUT2D eigenvalue weighted by atomic mass is 32.1. The number of amides is 1. The lowest BCUT2D eigenvalue weighted by atomic mass is 10.00. The summed E-state index contributed by atoms with van der Waals surface area (Å²) in [7, 11) is 0.